The van der Waals surface area contributed by atoms with Crippen molar-refractivity contribution in [1.29, 1.82) is 0 Å². The van der Waals surface area contributed by atoms with Gasteiger partial charge in [0.05, 0.1) is 5.92 Å². The third kappa shape index (κ3) is 2.90. The Morgan fingerprint density at radius 2 is 1.95 bits per heavy atom. The van der Waals surface area contributed by atoms with E-state index in [1.54, 1.807) is 4.90 Å². The van der Waals surface area contributed by atoms with Gasteiger partial charge in [0.15, 0.2) is 0 Å². The van der Waals surface area contributed by atoms with Gasteiger partial charge in [0, 0.05) is 31.6 Å². The van der Waals surface area contributed by atoms with Crippen LogP contribution in [-0.2, 0) is 9.53 Å². The topological polar surface area (TPSA) is 70.1 Å². The van der Waals surface area contributed by atoms with Crippen molar-refractivity contribution in [3.63, 3.8) is 0 Å². The molecule has 1 N–H and O–H groups in total. The molecule has 6 nitrogen and oxygen atoms in total. The largest absolute Gasteiger partial charge is 0.481 e. The highest BCUT2D eigenvalue weighted by Crippen LogP contribution is 2.43. The number of hydrogen-bond donors (Lipinski definition) is 1. The van der Waals surface area contributed by atoms with E-state index in [2.05, 4.69) is 0 Å². The first-order chi connectivity index (χ1) is 9.13. The van der Waals surface area contributed by atoms with Crippen LogP contribution in [0.3, 0.4) is 0 Å². The van der Waals surface area contributed by atoms with Crippen LogP contribution in [0.5, 0.6) is 0 Å². The molecule has 2 fully saturated rings. The van der Waals surface area contributed by atoms with Crippen LogP contribution in [0.4, 0.5) is 4.79 Å². The highest BCUT2D eigenvalue weighted by molar-refractivity contribution is 5.73. The molecular formula is C14H24N2O4. The number of carbonyl (C=O) groups is 2. The summed E-state index contributed by atoms with van der Waals surface area (Å²) in [7, 11) is 1.93. The smallest absolute Gasteiger partial charge is 0.410 e. The first-order valence-electron chi connectivity index (χ1n) is 7.02. The van der Waals surface area contributed by atoms with Crippen molar-refractivity contribution in [1.82, 2.24) is 9.80 Å². The Bertz CT molecular complexity index is 418. The predicted molar refractivity (Wildman–Crippen MR) is 73.5 cm³/mol. The molecule has 2 aliphatic heterocycles. The maximum atomic E-state index is 12.1. The minimum Gasteiger partial charge on any atom is -0.481 e. The number of amides is 1. The van der Waals surface area contributed by atoms with Crippen LogP contribution in [0.15, 0.2) is 0 Å². The molecule has 0 aliphatic carbocycles. The summed E-state index contributed by atoms with van der Waals surface area (Å²) in [6.45, 7) is 7.83. The third-order valence-electron chi connectivity index (χ3n) is 4.15. The van der Waals surface area contributed by atoms with E-state index in [1.807, 2.05) is 32.7 Å². The van der Waals surface area contributed by atoms with Crippen LogP contribution in [-0.4, -0.2) is 65.8 Å². The third-order valence-corrected chi connectivity index (χ3v) is 4.15. The molecule has 0 saturated carbocycles. The van der Waals surface area contributed by atoms with E-state index in [4.69, 9.17) is 4.74 Å². The van der Waals surface area contributed by atoms with Crippen LogP contribution in [0.1, 0.15) is 27.2 Å². The summed E-state index contributed by atoms with van der Waals surface area (Å²) >= 11 is 0. The molecule has 0 bridgehead atoms. The highest BCUT2D eigenvalue weighted by Gasteiger charge is 2.53. The van der Waals surface area contributed by atoms with E-state index >= 15 is 0 Å². The van der Waals surface area contributed by atoms with Gasteiger partial charge in [-0.15, -0.1) is 0 Å². The van der Waals surface area contributed by atoms with E-state index in [9.17, 15) is 14.7 Å². The summed E-state index contributed by atoms with van der Waals surface area (Å²) in [5, 5.41) is 9.41. The fourth-order valence-corrected chi connectivity index (χ4v) is 3.35. The summed E-state index contributed by atoms with van der Waals surface area (Å²) in [4.78, 5) is 27.2. The number of aliphatic carboxylic acids is 1. The van der Waals surface area contributed by atoms with Crippen molar-refractivity contribution in [2.45, 2.75) is 32.8 Å². The second kappa shape index (κ2) is 4.91. The molecule has 0 radical (unpaired) electrons. The molecule has 1 amide bonds. The summed E-state index contributed by atoms with van der Waals surface area (Å²) in [6.07, 6.45) is 0.390. The molecule has 2 heterocycles. The molecule has 2 aliphatic rings. The average Bonchev–Trinajstić information content (AvgIpc) is 2.81. The van der Waals surface area contributed by atoms with E-state index < -0.39 is 17.5 Å². The van der Waals surface area contributed by atoms with Crippen molar-refractivity contribution in [3.8, 4) is 0 Å². The Morgan fingerprint density at radius 3 is 2.50 bits per heavy atom. The maximum Gasteiger partial charge on any atom is 0.410 e. The Morgan fingerprint density at radius 1 is 1.30 bits per heavy atom. The molecule has 0 aromatic rings. The number of ether oxygens (including phenoxy) is 1. The van der Waals surface area contributed by atoms with Crippen molar-refractivity contribution in [3.05, 3.63) is 0 Å². The summed E-state index contributed by atoms with van der Waals surface area (Å²) < 4.78 is 5.37. The van der Waals surface area contributed by atoms with Gasteiger partial charge in [-0.25, -0.2) is 4.79 Å². The zero-order chi connectivity index (χ0) is 15.1. The number of rotatable bonds is 1. The number of hydrogen-bond acceptors (Lipinski definition) is 4. The van der Waals surface area contributed by atoms with Crippen molar-refractivity contribution in [2.75, 3.05) is 33.2 Å². The molecule has 2 atom stereocenters. The average molecular weight is 284 g/mol. The van der Waals surface area contributed by atoms with Crippen LogP contribution < -0.4 is 0 Å². The molecule has 0 aromatic carbocycles. The number of carbonyl (C=O) groups excluding carboxylic acids is 1. The zero-order valence-electron chi connectivity index (χ0n) is 12.7. The Labute approximate surface area is 119 Å². The molecule has 20 heavy (non-hydrogen) atoms. The predicted octanol–water partition coefficient (Wildman–Crippen LogP) is 1.26. The number of likely N-dealkylation sites (tertiary alicyclic amines) is 2. The molecule has 2 unspecified atom stereocenters. The fourth-order valence-electron chi connectivity index (χ4n) is 3.35. The molecule has 6 heteroatoms. The van der Waals surface area contributed by atoms with Gasteiger partial charge in [-0.05, 0) is 34.2 Å². The normalized spacial score (nSPS) is 31.0. The minimum absolute atomic E-state index is 0.322. The zero-order valence-corrected chi connectivity index (χ0v) is 12.7. The van der Waals surface area contributed by atoms with Crippen LogP contribution in [0.2, 0.25) is 0 Å². The lowest BCUT2D eigenvalue weighted by atomic mass is 9.77. The summed E-state index contributed by atoms with van der Waals surface area (Å²) in [6, 6.07) is 0. The first-order valence-corrected chi connectivity index (χ1v) is 7.02. The SMILES string of the molecule is CN1CC(C(=O)O)C2(CCN(C(=O)OC(C)(C)C)C2)C1. The van der Waals surface area contributed by atoms with E-state index in [-0.39, 0.29) is 11.5 Å². The summed E-state index contributed by atoms with van der Waals surface area (Å²) in [5.41, 5.74) is -0.844. The van der Waals surface area contributed by atoms with E-state index in [0.717, 1.165) is 13.0 Å². The lowest BCUT2D eigenvalue weighted by Crippen LogP contribution is -2.41. The minimum atomic E-state index is -0.764. The van der Waals surface area contributed by atoms with Gasteiger partial charge < -0.3 is 19.6 Å². The Kier molecular flexibility index (Phi) is 3.71. The van der Waals surface area contributed by atoms with Crippen molar-refractivity contribution >= 4 is 12.1 Å². The van der Waals surface area contributed by atoms with E-state index in [0.29, 0.717) is 19.6 Å². The Balaban J connectivity index is 2.07. The van der Waals surface area contributed by atoms with Crippen LogP contribution in [0, 0.1) is 11.3 Å². The molecule has 1 spiro atoms. The van der Waals surface area contributed by atoms with Gasteiger partial charge in [-0.1, -0.05) is 0 Å². The highest BCUT2D eigenvalue weighted by atomic mass is 16.6. The molecule has 2 saturated heterocycles. The Hall–Kier alpha value is -1.30. The van der Waals surface area contributed by atoms with Gasteiger partial charge in [0.2, 0.25) is 0 Å². The van der Waals surface area contributed by atoms with Crippen molar-refractivity contribution in [2.24, 2.45) is 11.3 Å². The lowest BCUT2D eigenvalue weighted by Gasteiger charge is -2.29. The number of carboxylic acids is 1. The van der Waals surface area contributed by atoms with Gasteiger partial charge in [-0.2, -0.15) is 0 Å². The van der Waals surface area contributed by atoms with Gasteiger partial charge in [-0.3, -0.25) is 4.79 Å². The lowest BCUT2D eigenvalue weighted by molar-refractivity contribution is -0.144. The fraction of sp³-hybridized carbons (Fsp3) is 0.857. The molecule has 2 rings (SSSR count). The number of carboxylic acid groups (broad SMARTS) is 1. The second-order valence-electron chi connectivity index (χ2n) is 7.10. The first kappa shape index (κ1) is 15.1. The second-order valence-corrected chi connectivity index (χ2v) is 7.10. The van der Waals surface area contributed by atoms with Crippen LogP contribution >= 0.6 is 0 Å². The maximum absolute atomic E-state index is 12.1. The van der Waals surface area contributed by atoms with Crippen LogP contribution in [0.25, 0.3) is 0 Å². The monoisotopic (exact) mass is 284 g/mol. The molecule has 114 valence electrons. The molecular weight excluding hydrogens is 260 g/mol. The molecule has 0 aromatic heterocycles. The van der Waals surface area contributed by atoms with Gasteiger partial charge >= 0.3 is 12.1 Å². The van der Waals surface area contributed by atoms with Gasteiger partial charge in [0.25, 0.3) is 0 Å². The quantitative estimate of drug-likeness (QED) is 0.785. The van der Waals surface area contributed by atoms with Crippen molar-refractivity contribution < 1.29 is 19.4 Å². The standard InChI is InChI=1S/C14H24N2O4/c1-13(2,3)20-12(19)16-6-5-14(9-16)8-15(4)7-10(14)11(17)18/h10H,5-9H2,1-4H3,(H,17,18). The van der Waals surface area contributed by atoms with Gasteiger partial charge in [0.1, 0.15) is 5.60 Å². The van der Waals surface area contributed by atoms with E-state index in [1.165, 1.54) is 0 Å². The summed E-state index contributed by atoms with van der Waals surface area (Å²) in [5.74, 6) is -1.17. The number of nitrogens with zero attached hydrogens (tertiary/aromatic N) is 2.